The first-order valence-electron chi connectivity index (χ1n) is 10.7. The number of amides is 1. The fourth-order valence-electron chi connectivity index (χ4n) is 3.76. The van der Waals surface area contributed by atoms with Gasteiger partial charge in [0.1, 0.15) is 5.82 Å². The molecule has 1 saturated heterocycles. The first kappa shape index (κ1) is 23.2. The maximum atomic E-state index is 13.0. The van der Waals surface area contributed by atoms with Crippen molar-refractivity contribution in [2.24, 2.45) is 0 Å². The lowest BCUT2D eigenvalue weighted by atomic mass is 10.1. The van der Waals surface area contributed by atoms with Crippen LogP contribution in [0.1, 0.15) is 22.3 Å². The zero-order valence-corrected chi connectivity index (χ0v) is 19.8. The van der Waals surface area contributed by atoms with E-state index in [1.807, 2.05) is 37.3 Å². The zero-order valence-electron chi connectivity index (χ0n) is 18.2. The third-order valence-electron chi connectivity index (χ3n) is 5.52. The monoisotopic (exact) mass is 484 g/mol. The van der Waals surface area contributed by atoms with Gasteiger partial charge in [-0.05, 0) is 61.9 Å². The molecule has 33 heavy (non-hydrogen) atoms. The molecule has 1 fully saturated rings. The molecule has 7 nitrogen and oxygen atoms in total. The van der Waals surface area contributed by atoms with E-state index in [1.165, 1.54) is 16.4 Å². The molecular weight excluding hydrogens is 460 g/mol. The summed E-state index contributed by atoms with van der Waals surface area (Å²) in [6, 6.07) is 17.3. The van der Waals surface area contributed by atoms with Crippen molar-refractivity contribution < 1.29 is 13.2 Å². The van der Waals surface area contributed by atoms with Crippen LogP contribution in [0.4, 0.5) is 11.5 Å². The number of aromatic nitrogens is 1. The standard InChI is InChI=1S/C24H25ClN4O3S/c1-18-4-2-5-19(16-18)24(30)27-21-8-11-23(26-17-21)28-12-3-13-29(15-14-28)33(31,32)22-9-6-20(25)7-10-22/h2,4-11,16-17H,3,12-15H2,1H3,(H,27,30). The summed E-state index contributed by atoms with van der Waals surface area (Å²) in [5.74, 6) is 0.556. The molecule has 0 spiro atoms. The highest BCUT2D eigenvalue weighted by atomic mass is 35.5. The van der Waals surface area contributed by atoms with Gasteiger partial charge in [-0.25, -0.2) is 13.4 Å². The summed E-state index contributed by atoms with van der Waals surface area (Å²) in [6.07, 6.45) is 2.30. The van der Waals surface area contributed by atoms with Crippen LogP contribution in [0.25, 0.3) is 0 Å². The molecule has 2 heterocycles. The van der Waals surface area contributed by atoms with E-state index in [0.29, 0.717) is 48.9 Å². The van der Waals surface area contributed by atoms with Crippen molar-refractivity contribution in [3.63, 3.8) is 0 Å². The Kier molecular flexibility index (Phi) is 6.97. The van der Waals surface area contributed by atoms with Crippen LogP contribution >= 0.6 is 11.6 Å². The summed E-state index contributed by atoms with van der Waals surface area (Å²) in [7, 11) is -3.58. The summed E-state index contributed by atoms with van der Waals surface area (Å²) >= 11 is 5.89. The topological polar surface area (TPSA) is 82.6 Å². The fraction of sp³-hybridized carbons (Fsp3) is 0.250. The van der Waals surface area contributed by atoms with Crippen molar-refractivity contribution in [1.29, 1.82) is 0 Å². The van der Waals surface area contributed by atoms with Gasteiger partial charge in [0.2, 0.25) is 10.0 Å². The Morgan fingerprint density at radius 3 is 2.48 bits per heavy atom. The van der Waals surface area contributed by atoms with Crippen LogP contribution < -0.4 is 10.2 Å². The molecule has 0 bridgehead atoms. The highest BCUT2D eigenvalue weighted by Gasteiger charge is 2.27. The molecular formula is C24H25ClN4O3S. The van der Waals surface area contributed by atoms with E-state index < -0.39 is 10.0 Å². The molecule has 3 aromatic rings. The number of hydrogen-bond donors (Lipinski definition) is 1. The first-order valence-corrected chi connectivity index (χ1v) is 12.5. The van der Waals surface area contributed by atoms with Crippen molar-refractivity contribution in [3.8, 4) is 0 Å². The van der Waals surface area contributed by atoms with Crippen molar-refractivity contribution in [1.82, 2.24) is 9.29 Å². The quantitative estimate of drug-likeness (QED) is 0.587. The normalized spacial score (nSPS) is 15.2. The number of nitrogens with zero attached hydrogens (tertiary/aromatic N) is 3. The molecule has 1 amide bonds. The van der Waals surface area contributed by atoms with E-state index in [-0.39, 0.29) is 10.8 Å². The Hall–Kier alpha value is -2.94. The molecule has 4 rings (SSSR count). The highest BCUT2D eigenvalue weighted by Crippen LogP contribution is 2.22. The maximum Gasteiger partial charge on any atom is 0.255 e. The van der Waals surface area contributed by atoms with E-state index in [9.17, 15) is 13.2 Å². The van der Waals surface area contributed by atoms with E-state index in [2.05, 4.69) is 15.2 Å². The highest BCUT2D eigenvalue weighted by molar-refractivity contribution is 7.89. The number of carbonyl (C=O) groups excluding carboxylic acids is 1. The van der Waals surface area contributed by atoms with Gasteiger partial charge in [0, 0.05) is 36.8 Å². The van der Waals surface area contributed by atoms with Gasteiger partial charge < -0.3 is 10.2 Å². The smallest absolute Gasteiger partial charge is 0.255 e. The lowest BCUT2D eigenvalue weighted by molar-refractivity contribution is 0.102. The molecule has 0 aliphatic carbocycles. The van der Waals surface area contributed by atoms with Crippen LogP contribution in [0.5, 0.6) is 0 Å². The number of benzene rings is 2. The zero-order chi connectivity index (χ0) is 23.4. The number of carbonyl (C=O) groups is 1. The van der Waals surface area contributed by atoms with Crippen molar-refractivity contribution in [2.75, 3.05) is 36.4 Å². The van der Waals surface area contributed by atoms with E-state index in [0.717, 1.165) is 11.4 Å². The Morgan fingerprint density at radius 2 is 1.79 bits per heavy atom. The molecule has 172 valence electrons. The molecule has 0 radical (unpaired) electrons. The summed E-state index contributed by atoms with van der Waals surface area (Å²) in [5, 5.41) is 3.36. The molecule has 1 aliphatic heterocycles. The number of pyridine rings is 1. The summed E-state index contributed by atoms with van der Waals surface area (Å²) in [4.78, 5) is 19.2. The van der Waals surface area contributed by atoms with Gasteiger partial charge in [-0.1, -0.05) is 29.3 Å². The second-order valence-electron chi connectivity index (χ2n) is 7.93. The second-order valence-corrected chi connectivity index (χ2v) is 10.3. The molecule has 0 unspecified atom stereocenters. The largest absolute Gasteiger partial charge is 0.355 e. The van der Waals surface area contributed by atoms with Crippen molar-refractivity contribution in [3.05, 3.63) is 83.0 Å². The molecule has 2 aromatic carbocycles. The first-order chi connectivity index (χ1) is 15.8. The number of aryl methyl sites for hydroxylation is 1. The average Bonchev–Trinajstić information content (AvgIpc) is 3.07. The summed E-state index contributed by atoms with van der Waals surface area (Å²) in [5.41, 5.74) is 2.21. The van der Waals surface area contributed by atoms with Crippen LogP contribution in [0, 0.1) is 6.92 Å². The van der Waals surface area contributed by atoms with Gasteiger partial charge in [-0.3, -0.25) is 4.79 Å². The Bertz CT molecular complexity index is 1230. The maximum absolute atomic E-state index is 13.0. The van der Waals surface area contributed by atoms with Gasteiger partial charge in [0.05, 0.1) is 16.8 Å². The van der Waals surface area contributed by atoms with E-state index >= 15 is 0 Å². The van der Waals surface area contributed by atoms with Gasteiger partial charge in [-0.15, -0.1) is 0 Å². The molecule has 1 N–H and O–H groups in total. The summed E-state index contributed by atoms with van der Waals surface area (Å²) in [6.45, 7) is 3.95. The minimum atomic E-state index is -3.58. The average molecular weight is 485 g/mol. The second kappa shape index (κ2) is 9.91. The van der Waals surface area contributed by atoms with Gasteiger partial charge in [-0.2, -0.15) is 4.31 Å². The Morgan fingerprint density at radius 1 is 1.00 bits per heavy atom. The fourth-order valence-corrected chi connectivity index (χ4v) is 5.35. The number of anilines is 2. The predicted molar refractivity (Wildman–Crippen MR) is 130 cm³/mol. The number of sulfonamides is 1. The minimum Gasteiger partial charge on any atom is -0.355 e. The van der Waals surface area contributed by atoms with Crippen LogP contribution in [0.2, 0.25) is 5.02 Å². The van der Waals surface area contributed by atoms with Gasteiger partial charge in [0.15, 0.2) is 0 Å². The van der Waals surface area contributed by atoms with Crippen LogP contribution in [-0.4, -0.2) is 49.8 Å². The number of nitrogens with one attached hydrogen (secondary N) is 1. The Balaban J connectivity index is 1.40. The minimum absolute atomic E-state index is 0.189. The summed E-state index contributed by atoms with van der Waals surface area (Å²) < 4.78 is 27.5. The third kappa shape index (κ3) is 5.52. The number of rotatable bonds is 5. The van der Waals surface area contributed by atoms with Crippen molar-refractivity contribution in [2.45, 2.75) is 18.2 Å². The SMILES string of the molecule is Cc1cccc(C(=O)Nc2ccc(N3CCCN(S(=O)(=O)c4ccc(Cl)cc4)CC3)nc2)c1. The molecule has 9 heteroatoms. The van der Waals surface area contributed by atoms with E-state index in [1.54, 1.807) is 24.4 Å². The van der Waals surface area contributed by atoms with Crippen LogP contribution in [-0.2, 0) is 10.0 Å². The molecule has 0 atom stereocenters. The molecule has 1 aliphatic rings. The number of hydrogen-bond acceptors (Lipinski definition) is 5. The molecule has 1 aromatic heterocycles. The lowest BCUT2D eigenvalue weighted by Gasteiger charge is -2.23. The Labute approximate surface area is 199 Å². The van der Waals surface area contributed by atoms with Crippen LogP contribution in [0.3, 0.4) is 0 Å². The third-order valence-corrected chi connectivity index (χ3v) is 7.68. The van der Waals surface area contributed by atoms with Gasteiger partial charge in [0.25, 0.3) is 5.91 Å². The van der Waals surface area contributed by atoms with Crippen molar-refractivity contribution >= 4 is 39.0 Å². The lowest BCUT2D eigenvalue weighted by Crippen LogP contribution is -2.35. The van der Waals surface area contributed by atoms with Gasteiger partial charge >= 0.3 is 0 Å². The van der Waals surface area contributed by atoms with E-state index in [4.69, 9.17) is 11.6 Å². The number of halogens is 1. The predicted octanol–water partition coefficient (Wildman–Crippen LogP) is 4.20. The van der Waals surface area contributed by atoms with Crippen LogP contribution in [0.15, 0.2) is 71.8 Å². The molecule has 0 saturated carbocycles.